The lowest BCUT2D eigenvalue weighted by Gasteiger charge is -2.26. The molecule has 1 fully saturated rings. The Morgan fingerprint density at radius 1 is 1.14 bits per heavy atom. The lowest BCUT2D eigenvalue weighted by Crippen LogP contribution is -2.47. The van der Waals surface area contributed by atoms with Gasteiger partial charge >= 0.3 is 11.8 Å². The van der Waals surface area contributed by atoms with Gasteiger partial charge in [0.2, 0.25) is 0 Å². The first kappa shape index (κ1) is 16.5. The Morgan fingerprint density at radius 2 is 1.86 bits per heavy atom. The highest BCUT2D eigenvalue weighted by Gasteiger charge is 2.14. The van der Waals surface area contributed by atoms with E-state index in [0.717, 1.165) is 43.9 Å². The molecule has 22 heavy (non-hydrogen) atoms. The van der Waals surface area contributed by atoms with E-state index in [1.54, 1.807) is 6.07 Å². The number of carbonyl (C=O) groups is 2. The van der Waals surface area contributed by atoms with Gasteiger partial charge in [-0.15, -0.1) is 0 Å². The molecule has 0 saturated carbocycles. The lowest BCUT2D eigenvalue weighted by molar-refractivity contribution is -0.136. The van der Waals surface area contributed by atoms with Gasteiger partial charge in [0.25, 0.3) is 0 Å². The largest absolute Gasteiger partial charge is 0.347 e. The predicted molar refractivity (Wildman–Crippen MR) is 86.9 cm³/mol. The maximum atomic E-state index is 11.8. The molecule has 2 amide bonds. The molecule has 120 valence electrons. The molecule has 0 radical (unpaired) electrons. The molecule has 0 aliphatic carbocycles. The van der Waals surface area contributed by atoms with Gasteiger partial charge < -0.3 is 16.0 Å². The molecule has 0 unspecified atom stereocenters. The number of hydrogen-bond donors (Lipinski definition) is 3. The maximum Gasteiger partial charge on any atom is 0.313 e. The van der Waals surface area contributed by atoms with E-state index in [-0.39, 0.29) is 0 Å². The van der Waals surface area contributed by atoms with E-state index in [2.05, 4.69) is 20.9 Å². The van der Waals surface area contributed by atoms with Crippen LogP contribution in [-0.4, -0.2) is 56.0 Å². The van der Waals surface area contributed by atoms with Crippen LogP contribution >= 0.6 is 0 Å². The summed E-state index contributed by atoms with van der Waals surface area (Å²) < 4.78 is 0. The van der Waals surface area contributed by atoms with Gasteiger partial charge in [-0.2, -0.15) is 0 Å². The van der Waals surface area contributed by atoms with E-state index < -0.39 is 11.8 Å². The number of hydrogen-bond acceptors (Lipinski definition) is 4. The average molecular weight is 304 g/mol. The van der Waals surface area contributed by atoms with Crippen LogP contribution in [-0.2, 0) is 9.59 Å². The van der Waals surface area contributed by atoms with Crippen molar-refractivity contribution in [3.05, 3.63) is 29.3 Å². The van der Waals surface area contributed by atoms with E-state index in [1.807, 2.05) is 26.0 Å². The van der Waals surface area contributed by atoms with Crippen molar-refractivity contribution in [2.24, 2.45) is 0 Å². The van der Waals surface area contributed by atoms with Gasteiger partial charge in [0.05, 0.1) is 0 Å². The number of piperazine rings is 1. The number of benzene rings is 1. The third kappa shape index (κ3) is 4.82. The Bertz CT molecular complexity index is 539. The molecule has 2 rings (SSSR count). The first-order valence-corrected chi connectivity index (χ1v) is 7.66. The summed E-state index contributed by atoms with van der Waals surface area (Å²) in [6.07, 6.45) is 0. The summed E-state index contributed by atoms with van der Waals surface area (Å²) in [6, 6.07) is 5.59. The minimum atomic E-state index is -0.622. The summed E-state index contributed by atoms with van der Waals surface area (Å²) >= 11 is 0. The second-order valence-corrected chi connectivity index (χ2v) is 5.60. The zero-order chi connectivity index (χ0) is 15.9. The van der Waals surface area contributed by atoms with Crippen LogP contribution in [0.3, 0.4) is 0 Å². The molecule has 0 atom stereocenters. The van der Waals surface area contributed by atoms with Gasteiger partial charge in [0.1, 0.15) is 0 Å². The second kappa shape index (κ2) is 7.91. The summed E-state index contributed by atoms with van der Waals surface area (Å²) in [6.45, 7) is 9.13. The van der Waals surface area contributed by atoms with Crippen LogP contribution < -0.4 is 16.0 Å². The zero-order valence-corrected chi connectivity index (χ0v) is 13.2. The lowest BCUT2D eigenvalue weighted by atomic mass is 10.1. The van der Waals surface area contributed by atoms with Crippen LogP contribution in [0.25, 0.3) is 0 Å². The molecule has 1 aromatic rings. The predicted octanol–water partition coefficient (Wildman–Crippen LogP) is 0.263. The molecule has 6 nitrogen and oxygen atoms in total. The molecular formula is C16H24N4O2. The monoisotopic (exact) mass is 304 g/mol. The number of nitrogens with one attached hydrogen (secondary N) is 3. The molecule has 3 N–H and O–H groups in total. The van der Waals surface area contributed by atoms with Gasteiger partial charge in [0, 0.05) is 45.0 Å². The zero-order valence-electron chi connectivity index (χ0n) is 13.2. The van der Waals surface area contributed by atoms with Crippen molar-refractivity contribution < 1.29 is 9.59 Å². The van der Waals surface area contributed by atoms with Crippen LogP contribution in [0.5, 0.6) is 0 Å². The van der Waals surface area contributed by atoms with Crippen molar-refractivity contribution in [3.8, 4) is 0 Å². The summed E-state index contributed by atoms with van der Waals surface area (Å²) in [7, 11) is 0. The van der Waals surface area contributed by atoms with Crippen molar-refractivity contribution in [3.63, 3.8) is 0 Å². The van der Waals surface area contributed by atoms with Crippen LogP contribution in [0.1, 0.15) is 11.1 Å². The van der Waals surface area contributed by atoms with Crippen molar-refractivity contribution in [2.75, 3.05) is 44.6 Å². The Hall–Kier alpha value is -1.92. The standard InChI is InChI=1S/C16H24N4O2/c1-12-3-4-14(11-13(12)2)19-16(22)15(21)18-7-10-20-8-5-17-6-9-20/h3-4,11,17H,5-10H2,1-2H3,(H,18,21)(H,19,22). The molecule has 1 aliphatic rings. The van der Waals surface area contributed by atoms with Crippen LogP contribution in [0.4, 0.5) is 5.69 Å². The fourth-order valence-electron chi connectivity index (χ4n) is 2.35. The van der Waals surface area contributed by atoms with Crippen LogP contribution in [0, 0.1) is 13.8 Å². The van der Waals surface area contributed by atoms with Gasteiger partial charge in [-0.25, -0.2) is 0 Å². The van der Waals surface area contributed by atoms with Gasteiger partial charge in [-0.05, 0) is 37.1 Å². The molecule has 1 saturated heterocycles. The fourth-order valence-corrected chi connectivity index (χ4v) is 2.35. The highest BCUT2D eigenvalue weighted by atomic mass is 16.2. The number of carbonyl (C=O) groups excluding carboxylic acids is 2. The highest BCUT2D eigenvalue weighted by Crippen LogP contribution is 2.13. The second-order valence-electron chi connectivity index (χ2n) is 5.60. The van der Waals surface area contributed by atoms with E-state index >= 15 is 0 Å². The van der Waals surface area contributed by atoms with Crippen molar-refractivity contribution in [1.29, 1.82) is 0 Å². The molecule has 0 spiro atoms. The van der Waals surface area contributed by atoms with Crippen LogP contribution in [0.2, 0.25) is 0 Å². The van der Waals surface area contributed by atoms with E-state index in [1.165, 1.54) is 0 Å². The van der Waals surface area contributed by atoms with Gasteiger partial charge in [-0.1, -0.05) is 6.07 Å². The molecule has 1 heterocycles. The number of nitrogens with zero attached hydrogens (tertiary/aromatic N) is 1. The minimum absolute atomic E-state index is 0.485. The number of anilines is 1. The number of aryl methyl sites for hydroxylation is 2. The topological polar surface area (TPSA) is 73.5 Å². The normalized spacial score (nSPS) is 15.4. The average Bonchev–Trinajstić information content (AvgIpc) is 2.52. The molecule has 1 aromatic carbocycles. The van der Waals surface area contributed by atoms with Crippen LogP contribution in [0.15, 0.2) is 18.2 Å². The summed E-state index contributed by atoms with van der Waals surface area (Å²) in [5.74, 6) is -1.21. The van der Waals surface area contributed by atoms with E-state index in [9.17, 15) is 9.59 Å². The Kier molecular flexibility index (Phi) is 5.91. The quantitative estimate of drug-likeness (QED) is 0.698. The molecule has 0 aromatic heterocycles. The van der Waals surface area contributed by atoms with E-state index in [4.69, 9.17) is 0 Å². The fraction of sp³-hybridized carbons (Fsp3) is 0.500. The maximum absolute atomic E-state index is 11.8. The van der Waals surface area contributed by atoms with Gasteiger partial charge in [-0.3, -0.25) is 14.5 Å². The molecule has 6 heteroatoms. The van der Waals surface area contributed by atoms with Crippen molar-refractivity contribution in [2.45, 2.75) is 13.8 Å². The summed E-state index contributed by atoms with van der Waals surface area (Å²) in [4.78, 5) is 25.9. The Labute approximate surface area is 131 Å². The SMILES string of the molecule is Cc1ccc(NC(=O)C(=O)NCCN2CCNCC2)cc1C. The third-order valence-electron chi connectivity index (χ3n) is 3.89. The van der Waals surface area contributed by atoms with E-state index in [0.29, 0.717) is 12.2 Å². The Balaban J connectivity index is 1.74. The van der Waals surface area contributed by atoms with Crippen molar-refractivity contribution >= 4 is 17.5 Å². The summed E-state index contributed by atoms with van der Waals surface area (Å²) in [5.41, 5.74) is 2.88. The minimum Gasteiger partial charge on any atom is -0.347 e. The van der Waals surface area contributed by atoms with Gasteiger partial charge in [0.15, 0.2) is 0 Å². The molecule has 1 aliphatic heterocycles. The first-order valence-electron chi connectivity index (χ1n) is 7.66. The smallest absolute Gasteiger partial charge is 0.313 e. The first-order chi connectivity index (χ1) is 10.6. The third-order valence-corrected chi connectivity index (χ3v) is 3.89. The number of amides is 2. The molecule has 0 bridgehead atoms. The summed E-state index contributed by atoms with van der Waals surface area (Å²) in [5, 5.41) is 8.56. The highest BCUT2D eigenvalue weighted by molar-refractivity contribution is 6.39. The Morgan fingerprint density at radius 3 is 2.55 bits per heavy atom. The number of rotatable bonds is 4. The van der Waals surface area contributed by atoms with Crippen molar-refractivity contribution in [1.82, 2.24) is 15.5 Å². The molecular weight excluding hydrogens is 280 g/mol.